The Morgan fingerprint density at radius 2 is 1.78 bits per heavy atom. The lowest BCUT2D eigenvalue weighted by molar-refractivity contribution is -0.0358. The van der Waals surface area contributed by atoms with Gasteiger partial charge in [-0.2, -0.15) is 5.26 Å². The lowest BCUT2D eigenvalue weighted by atomic mass is 9.74. The summed E-state index contributed by atoms with van der Waals surface area (Å²) in [6.45, 7) is 0. The van der Waals surface area contributed by atoms with Crippen molar-refractivity contribution in [1.82, 2.24) is 5.32 Å². The Morgan fingerprint density at radius 3 is 2.33 bits per heavy atom. The van der Waals surface area contributed by atoms with Crippen LogP contribution in [0.5, 0.6) is 0 Å². The smallest absolute Gasteiger partial charge is 0.0991 e. The van der Waals surface area contributed by atoms with Crippen LogP contribution in [0.25, 0.3) is 0 Å². The molecule has 2 fully saturated rings. The molecule has 1 aromatic rings. The summed E-state index contributed by atoms with van der Waals surface area (Å²) in [5.74, 6) is 0. The van der Waals surface area contributed by atoms with E-state index in [4.69, 9.17) is 5.26 Å². The van der Waals surface area contributed by atoms with Crippen LogP contribution in [0.1, 0.15) is 43.2 Å². The highest BCUT2D eigenvalue weighted by Crippen LogP contribution is 2.39. The Balaban J connectivity index is 1.87. The van der Waals surface area contributed by atoms with E-state index < -0.39 is 5.60 Å². The maximum Gasteiger partial charge on any atom is 0.0991 e. The first-order valence-corrected chi connectivity index (χ1v) is 6.69. The molecule has 0 spiro atoms. The van der Waals surface area contributed by atoms with E-state index in [9.17, 15) is 5.11 Å². The first-order valence-electron chi connectivity index (χ1n) is 6.69. The molecule has 2 aliphatic heterocycles. The normalized spacial score (nSPS) is 34.9. The monoisotopic (exact) mass is 242 g/mol. The van der Waals surface area contributed by atoms with Gasteiger partial charge in [-0.3, -0.25) is 0 Å². The third-order valence-corrected chi connectivity index (χ3v) is 4.30. The van der Waals surface area contributed by atoms with Crippen molar-refractivity contribution in [2.24, 2.45) is 0 Å². The molecule has 3 nitrogen and oxygen atoms in total. The molecule has 0 aliphatic carbocycles. The van der Waals surface area contributed by atoms with Gasteiger partial charge < -0.3 is 10.4 Å². The molecule has 2 aliphatic rings. The standard InChI is InChI=1S/C15H18N2O/c16-10-11-4-6-12(7-5-11)15(18)8-13-2-1-3-14(9-15)17-13/h4-7,13-14,17-18H,1-3,8-9H2. The molecule has 2 saturated heterocycles. The van der Waals surface area contributed by atoms with E-state index in [1.807, 2.05) is 12.1 Å². The SMILES string of the molecule is N#Cc1ccc(C2(O)CC3CCCC(C2)N3)cc1. The fourth-order valence-electron chi connectivity index (χ4n) is 3.42. The van der Waals surface area contributed by atoms with Crippen LogP contribution in [0.4, 0.5) is 0 Å². The second-order valence-electron chi connectivity index (χ2n) is 5.62. The molecule has 2 unspecified atom stereocenters. The number of piperidine rings is 2. The predicted molar refractivity (Wildman–Crippen MR) is 68.9 cm³/mol. The molecule has 2 heterocycles. The van der Waals surface area contributed by atoms with Gasteiger partial charge in [-0.25, -0.2) is 0 Å². The van der Waals surface area contributed by atoms with Gasteiger partial charge in [0.1, 0.15) is 0 Å². The number of nitrogens with zero attached hydrogens (tertiary/aromatic N) is 1. The highest BCUT2D eigenvalue weighted by molar-refractivity contribution is 5.34. The Hall–Kier alpha value is -1.37. The fourth-order valence-corrected chi connectivity index (χ4v) is 3.42. The van der Waals surface area contributed by atoms with Gasteiger partial charge >= 0.3 is 0 Å². The van der Waals surface area contributed by atoms with Gasteiger partial charge in [-0.1, -0.05) is 18.6 Å². The van der Waals surface area contributed by atoms with Crippen LogP contribution in [-0.4, -0.2) is 17.2 Å². The van der Waals surface area contributed by atoms with Crippen molar-refractivity contribution < 1.29 is 5.11 Å². The van der Waals surface area contributed by atoms with Crippen molar-refractivity contribution >= 4 is 0 Å². The fraction of sp³-hybridized carbons (Fsp3) is 0.533. The summed E-state index contributed by atoms with van der Waals surface area (Å²) in [4.78, 5) is 0. The van der Waals surface area contributed by atoms with Crippen molar-refractivity contribution in [2.45, 2.75) is 49.8 Å². The minimum Gasteiger partial charge on any atom is -0.385 e. The predicted octanol–water partition coefficient (Wildman–Crippen LogP) is 2.05. The number of hydrogen-bond donors (Lipinski definition) is 2. The Labute approximate surface area is 107 Å². The summed E-state index contributed by atoms with van der Waals surface area (Å²) in [6.07, 6.45) is 5.17. The van der Waals surface area contributed by atoms with Gasteiger partial charge in [0.2, 0.25) is 0 Å². The van der Waals surface area contributed by atoms with E-state index in [0.717, 1.165) is 31.2 Å². The summed E-state index contributed by atoms with van der Waals surface area (Å²) in [6, 6.07) is 10.4. The number of benzene rings is 1. The van der Waals surface area contributed by atoms with Gasteiger partial charge in [-0.15, -0.1) is 0 Å². The molecule has 2 bridgehead atoms. The Bertz CT molecular complexity index is 462. The summed E-state index contributed by atoms with van der Waals surface area (Å²) in [7, 11) is 0. The largest absolute Gasteiger partial charge is 0.385 e. The van der Waals surface area contributed by atoms with Crippen LogP contribution in [0.3, 0.4) is 0 Å². The van der Waals surface area contributed by atoms with E-state index in [1.165, 1.54) is 6.42 Å². The van der Waals surface area contributed by atoms with Crippen molar-refractivity contribution in [3.63, 3.8) is 0 Å². The number of nitrogens with one attached hydrogen (secondary N) is 1. The lowest BCUT2D eigenvalue weighted by Crippen LogP contribution is -2.54. The highest BCUT2D eigenvalue weighted by atomic mass is 16.3. The molecule has 94 valence electrons. The molecule has 2 N–H and O–H groups in total. The first kappa shape index (κ1) is 11.7. The minimum atomic E-state index is -0.713. The summed E-state index contributed by atoms with van der Waals surface area (Å²) < 4.78 is 0. The van der Waals surface area contributed by atoms with Gasteiger partial charge in [0.05, 0.1) is 17.2 Å². The summed E-state index contributed by atoms with van der Waals surface area (Å²) in [5.41, 5.74) is 0.894. The Kier molecular flexibility index (Phi) is 2.85. The number of fused-ring (bicyclic) bond motifs is 2. The number of rotatable bonds is 1. The van der Waals surface area contributed by atoms with E-state index in [1.54, 1.807) is 12.1 Å². The minimum absolute atomic E-state index is 0.443. The number of hydrogen-bond acceptors (Lipinski definition) is 3. The molecular weight excluding hydrogens is 224 g/mol. The zero-order valence-corrected chi connectivity index (χ0v) is 10.4. The van der Waals surface area contributed by atoms with Crippen LogP contribution in [0.2, 0.25) is 0 Å². The zero-order chi connectivity index (χ0) is 12.6. The number of nitriles is 1. The highest BCUT2D eigenvalue weighted by Gasteiger charge is 2.41. The Morgan fingerprint density at radius 1 is 1.17 bits per heavy atom. The second kappa shape index (κ2) is 4.38. The molecule has 0 saturated carbocycles. The third-order valence-electron chi connectivity index (χ3n) is 4.30. The molecule has 18 heavy (non-hydrogen) atoms. The van der Waals surface area contributed by atoms with E-state index >= 15 is 0 Å². The van der Waals surface area contributed by atoms with Crippen molar-refractivity contribution in [3.05, 3.63) is 35.4 Å². The molecule has 0 radical (unpaired) electrons. The quantitative estimate of drug-likeness (QED) is 0.792. The maximum absolute atomic E-state index is 10.9. The molecule has 0 aromatic heterocycles. The van der Waals surface area contributed by atoms with Crippen LogP contribution >= 0.6 is 0 Å². The van der Waals surface area contributed by atoms with Crippen LogP contribution in [-0.2, 0) is 5.60 Å². The topological polar surface area (TPSA) is 56.0 Å². The second-order valence-corrected chi connectivity index (χ2v) is 5.62. The average molecular weight is 242 g/mol. The van der Waals surface area contributed by atoms with Crippen molar-refractivity contribution in [1.29, 1.82) is 5.26 Å². The summed E-state index contributed by atoms with van der Waals surface area (Å²) in [5, 5.41) is 23.3. The zero-order valence-electron chi connectivity index (χ0n) is 10.4. The van der Waals surface area contributed by atoms with Gasteiger partial charge in [0.25, 0.3) is 0 Å². The molecule has 3 rings (SSSR count). The lowest BCUT2D eigenvalue weighted by Gasteiger charge is -2.45. The molecule has 1 aromatic carbocycles. The summed E-state index contributed by atoms with van der Waals surface area (Å²) >= 11 is 0. The molecule has 2 atom stereocenters. The van der Waals surface area contributed by atoms with Crippen LogP contribution in [0, 0.1) is 11.3 Å². The van der Waals surface area contributed by atoms with Crippen LogP contribution < -0.4 is 5.32 Å². The van der Waals surface area contributed by atoms with E-state index in [0.29, 0.717) is 17.6 Å². The van der Waals surface area contributed by atoms with E-state index in [-0.39, 0.29) is 0 Å². The van der Waals surface area contributed by atoms with Gasteiger partial charge in [0.15, 0.2) is 0 Å². The molecular formula is C15H18N2O. The van der Waals surface area contributed by atoms with Gasteiger partial charge in [-0.05, 0) is 43.4 Å². The average Bonchev–Trinajstić information content (AvgIpc) is 2.38. The first-order chi connectivity index (χ1) is 8.69. The maximum atomic E-state index is 10.9. The third kappa shape index (κ3) is 2.03. The number of aliphatic hydroxyl groups is 1. The van der Waals surface area contributed by atoms with Gasteiger partial charge in [0, 0.05) is 12.1 Å². The molecule has 0 amide bonds. The van der Waals surface area contributed by atoms with Crippen LogP contribution in [0.15, 0.2) is 24.3 Å². The molecule has 3 heteroatoms. The van der Waals surface area contributed by atoms with Crippen molar-refractivity contribution in [3.8, 4) is 6.07 Å². The van der Waals surface area contributed by atoms with Crippen molar-refractivity contribution in [2.75, 3.05) is 0 Å². The van der Waals surface area contributed by atoms with E-state index in [2.05, 4.69) is 11.4 Å².